The number of carbonyl (C=O) groups is 1. The molecule has 1 aromatic rings. The van der Waals surface area contributed by atoms with E-state index in [4.69, 9.17) is 14.7 Å². The van der Waals surface area contributed by atoms with Crippen molar-refractivity contribution in [1.29, 1.82) is 5.26 Å². The molecule has 0 spiro atoms. The molecule has 1 fully saturated rings. The Balaban J connectivity index is 2.17. The molecular formula is C16H20N2O3. The number of carbonyl (C=O) groups excluding carboxylic acids is 1. The van der Waals surface area contributed by atoms with Crippen LogP contribution in [0.5, 0.6) is 0 Å². The molecule has 0 saturated carbocycles. The molecule has 112 valence electrons. The van der Waals surface area contributed by atoms with Crippen molar-refractivity contribution in [3.63, 3.8) is 0 Å². The van der Waals surface area contributed by atoms with Crippen molar-refractivity contribution in [1.82, 2.24) is 4.90 Å². The van der Waals surface area contributed by atoms with E-state index in [0.717, 1.165) is 12.0 Å². The molecule has 0 radical (unpaired) electrons. The predicted molar refractivity (Wildman–Crippen MR) is 77.9 cm³/mol. The summed E-state index contributed by atoms with van der Waals surface area (Å²) in [6.07, 6.45) is 1.15. The van der Waals surface area contributed by atoms with Gasteiger partial charge in [0, 0.05) is 26.3 Å². The number of amides is 1. The number of methoxy groups -OCH3 is 2. The maximum atomic E-state index is 12.7. The van der Waals surface area contributed by atoms with Crippen LogP contribution in [0.4, 0.5) is 0 Å². The largest absolute Gasteiger partial charge is 0.383 e. The van der Waals surface area contributed by atoms with Crippen molar-refractivity contribution >= 4 is 5.91 Å². The smallest absolute Gasteiger partial charge is 0.254 e. The Kier molecular flexibility index (Phi) is 5.32. The van der Waals surface area contributed by atoms with Crippen molar-refractivity contribution in [3.8, 4) is 6.07 Å². The zero-order valence-corrected chi connectivity index (χ0v) is 12.4. The van der Waals surface area contributed by atoms with Gasteiger partial charge in [0.25, 0.3) is 5.91 Å². The van der Waals surface area contributed by atoms with Gasteiger partial charge in [-0.1, -0.05) is 12.1 Å². The first kappa shape index (κ1) is 15.5. The Bertz CT molecular complexity index is 539. The monoisotopic (exact) mass is 288 g/mol. The molecule has 0 bridgehead atoms. The highest BCUT2D eigenvalue weighted by molar-refractivity contribution is 5.94. The van der Waals surface area contributed by atoms with Gasteiger partial charge in [0.15, 0.2) is 0 Å². The fourth-order valence-electron chi connectivity index (χ4n) is 2.72. The van der Waals surface area contributed by atoms with Crippen LogP contribution in [0.15, 0.2) is 24.3 Å². The van der Waals surface area contributed by atoms with E-state index >= 15 is 0 Å². The third-order valence-corrected chi connectivity index (χ3v) is 3.79. The molecule has 21 heavy (non-hydrogen) atoms. The van der Waals surface area contributed by atoms with Crippen LogP contribution in [0.25, 0.3) is 0 Å². The van der Waals surface area contributed by atoms with Crippen LogP contribution >= 0.6 is 0 Å². The zero-order chi connectivity index (χ0) is 15.2. The molecule has 0 aliphatic carbocycles. The lowest BCUT2D eigenvalue weighted by atomic mass is 10.1. The Morgan fingerprint density at radius 3 is 2.95 bits per heavy atom. The summed E-state index contributed by atoms with van der Waals surface area (Å²) in [5, 5.41) is 8.76. The summed E-state index contributed by atoms with van der Waals surface area (Å²) in [5.74, 6) is -0.0311. The molecule has 1 aliphatic heterocycles. The zero-order valence-electron chi connectivity index (χ0n) is 12.4. The van der Waals surface area contributed by atoms with Crippen LogP contribution in [0, 0.1) is 11.3 Å². The van der Waals surface area contributed by atoms with Crippen LogP contribution in [0.2, 0.25) is 0 Å². The second kappa shape index (κ2) is 7.21. The van der Waals surface area contributed by atoms with Crippen molar-refractivity contribution in [2.75, 3.05) is 27.4 Å². The lowest BCUT2D eigenvalue weighted by molar-refractivity contribution is 0.0612. The van der Waals surface area contributed by atoms with Gasteiger partial charge >= 0.3 is 0 Å². The Morgan fingerprint density at radius 1 is 1.48 bits per heavy atom. The first-order chi connectivity index (χ1) is 10.2. The molecule has 0 unspecified atom stereocenters. The van der Waals surface area contributed by atoms with Gasteiger partial charge in [-0.15, -0.1) is 0 Å². The van der Waals surface area contributed by atoms with Crippen LogP contribution < -0.4 is 0 Å². The molecule has 1 aliphatic rings. The van der Waals surface area contributed by atoms with E-state index in [1.54, 1.807) is 26.4 Å². The number of rotatable bonds is 5. The molecule has 2 atom stereocenters. The van der Waals surface area contributed by atoms with Crippen LogP contribution in [0.3, 0.4) is 0 Å². The molecule has 5 heteroatoms. The van der Waals surface area contributed by atoms with E-state index in [1.165, 1.54) is 0 Å². The quantitative estimate of drug-likeness (QED) is 0.826. The molecule has 1 amide bonds. The first-order valence-electron chi connectivity index (χ1n) is 6.98. The minimum atomic E-state index is -0.0311. The molecule has 0 aromatic heterocycles. The third-order valence-electron chi connectivity index (χ3n) is 3.79. The second-order valence-corrected chi connectivity index (χ2v) is 5.20. The number of hydrogen-bond donors (Lipinski definition) is 0. The maximum Gasteiger partial charge on any atom is 0.254 e. The normalized spacial score (nSPS) is 21.3. The summed E-state index contributed by atoms with van der Waals surface area (Å²) in [5.41, 5.74) is 1.47. The summed E-state index contributed by atoms with van der Waals surface area (Å²) < 4.78 is 10.6. The van der Waals surface area contributed by atoms with Crippen molar-refractivity contribution in [3.05, 3.63) is 35.4 Å². The fraction of sp³-hybridized carbons (Fsp3) is 0.500. The minimum absolute atomic E-state index is 0.0311. The van der Waals surface area contributed by atoms with Gasteiger partial charge in [-0.2, -0.15) is 5.26 Å². The van der Waals surface area contributed by atoms with E-state index in [0.29, 0.717) is 25.1 Å². The SMILES string of the molecule is COC[C@@H]1C[C@@H](OC)CN1C(=O)c1cccc(CC#N)c1. The van der Waals surface area contributed by atoms with Crippen molar-refractivity contribution < 1.29 is 14.3 Å². The van der Waals surface area contributed by atoms with Gasteiger partial charge in [-0.05, 0) is 24.1 Å². The van der Waals surface area contributed by atoms with Crippen LogP contribution in [-0.2, 0) is 15.9 Å². The lowest BCUT2D eigenvalue weighted by Gasteiger charge is -2.24. The summed E-state index contributed by atoms with van der Waals surface area (Å²) in [7, 11) is 3.30. The summed E-state index contributed by atoms with van der Waals surface area (Å²) in [6.45, 7) is 1.08. The number of ether oxygens (including phenoxy) is 2. The van der Waals surface area contributed by atoms with Gasteiger partial charge in [-0.3, -0.25) is 4.79 Å². The van der Waals surface area contributed by atoms with E-state index in [1.807, 2.05) is 17.0 Å². The molecule has 1 heterocycles. The number of nitrogens with zero attached hydrogens (tertiary/aromatic N) is 2. The Morgan fingerprint density at radius 2 is 2.29 bits per heavy atom. The molecule has 1 saturated heterocycles. The Labute approximate surface area is 125 Å². The number of hydrogen-bond acceptors (Lipinski definition) is 4. The lowest BCUT2D eigenvalue weighted by Crippen LogP contribution is -2.38. The Hall–Kier alpha value is -1.90. The highest BCUT2D eigenvalue weighted by Gasteiger charge is 2.35. The number of likely N-dealkylation sites (tertiary alicyclic amines) is 1. The molecule has 1 aromatic carbocycles. The highest BCUT2D eigenvalue weighted by atomic mass is 16.5. The predicted octanol–water partition coefficient (Wildman–Crippen LogP) is 1.63. The van der Waals surface area contributed by atoms with Gasteiger partial charge in [0.1, 0.15) is 0 Å². The van der Waals surface area contributed by atoms with E-state index in [2.05, 4.69) is 6.07 Å². The van der Waals surface area contributed by atoms with E-state index < -0.39 is 0 Å². The summed E-state index contributed by atoms with van der Waals surface area (Å²) >= 11 is 0. The summed E-state index contributed by atoms with van der Waals surface area (Å²) in [6, 6.07) is 9.38. The molecular weight excluding hydrogens is 268 g/mol. The molecule has 0 N–H and O–H groups in total. The third kappa shape index (κ3) is 3.60. The molecule has 5 nitrogen and oxygen atoms in total. The fourth-order valence-corrected chi connectivity index (χ4v) is 2.72. The van der Waals surface area contributed by atoms with Crippen molar-refractivity contribution in [2.24, 2.45) is 0 Å². The van der Waals surface area contributed by atoms with E-state index in [-0.39, 0.29) is 18.1 Å². The average Bonchev–Trinajstić information content (AvgIpc) is 2.91. The second-order valence-electron chi connectivity index (χ2n) is 5.20. The first-order valence-corrected chi connectivity index (χ1v) is 6.98. The maximum absolute atomic E-state index is 12.7. The number of benzene rings is 1. The van der Waals surface area contributed by atoms with Gasteiger partial charge in [0.05, 0.1) is 31.2 Å². The molecule has 2 rings (SSSR count). The average molecular weight is 288 g/mol. The van der Waals surface area contributed by atoms with E-state index in [9.17, 15) is 4.79 Å². The topological polar surface area (TPSA) is 62.6 Å². The van der Waals surface area contributed by atoms with Crippen molar-refractivity contribution in [2.45, 2.75) is 25.0 Å². The number of nitriles is 1. The minimum Gasteiger partial charge on any atom is -0.383 e. The van der Waals surface area contributed by atoms with Gasteiger partial charge in [0.2, 0.25) is 0 Å². The van der Waals surface area contributed by atoms with Gasteiger partial charge in [-0.25, -0.2) is 0 Å². The standard InChI is InChI=1S/C16H20N2O3/c1-20-11-14-9-15(21-2)10-18(14)16(19)13-5-3-4-12(8-13)6-7-17/h3-5,8,14-15H,6,9-11H2,1-2H3/t14-,15+/m0/s1. The van der Waals surface area contributed by atoms with Crippen LogP contribution in [-0.4, -0.2) is 50.3 Å². The highest BCUT2D eigenvalue weighted by Crippen LogP contribution is 2.23. The van der Waals surface area contributed by atoms with Crippen LogP contribution in [0.1, 0.15) is 22.3 Å². The summed E-state index contributed by atoms with van der Waals surface area (Å²) in [4.78, 5) is 14.5. The van der Waals surface area contributed by atoms with Gasteiger partial charge < -0.3 is 14.4 Å².